The number of hydrogen-bond donors (Lipinski definition) is 0. The molecule has 5 heteroatoms. The van der Waals surface area contributed by atoms with E-state index in [-0.39, 0.29) is 0 Å². The van der Waals surface area contributed by atoms with Crippen LogP contribution in [0.5, 0.6) is 5.75 Å². The van der Waals surface area contributed by atoms with Crippen molar-refractivity contribution >= 4 is 0 Å². The number of rotatable bonds is 8. The van der Waals surface area contributed by atoms with E-state index in [2.05, 4.69) is 41.0 Å². The summed E-state index contributed by atoms with van der Waals surface area (Å²) in [6.07, 6.45) is 3.34. The molecule has 0 aliphatic heterocycles. The molecule has 1 aliphatic rings. The van der Waals surface area contributed by atoms with E-state index in [4.69, 9.17) is 9.26 Å². The van der Waals surface area contributed by atoms with Crippen LogP contribution in [0.1, 0.15) is 44.0 Å². The monoisotopic (exact) mass is 315 g/mol. The quantitative estimate of drug-likeness (QED) is 0.747. The summed E-state index contributed by atoms with van der Waals surface area (Å²) in [7, 11) is 1.72. The molecule has 1 heterocycles. The van der Waals surface area contributed by atoms with Gasteiger partial charge >= 0.3 is 0 Å². The first-order valence-electron chi connectivity index (χ1n) is 8.33. The summed E-state index contributed by atoms with van der Waals surface area (Å²) in [5, 5.41) is 4.09. The summed E-state index contributed by atoms with van der Waals surface area (Å²) in [5.41, 5.74) is 1.20. The Bertz CT molecular complexity index is 635. The molecule has 0 bridgehead atoms. The zero-order valence-electron chi connectivity index (χ0n) is 14.2. The smallest absolute Gasteiger partial charge is 0.240 e. The van der Waals surface area contributed by atoms with Crippen LogP contribution in [-0.2, 0) is 19.5 Å². The number of nitrogens with zero attached hydrogens (tertiary/aromatic N) is 3. The molecule has 124 valence electrons. The largest absolute Gasteiger partial charge is 0.496 e. The van der Waals surface area contributed by atoms with Crippen LogP contribution in [0.3, 0.4) is 0 Å². The molecular formula is C18H25N3O2. The van der Waals surface area contributed by atoms with E-state index in [1.54, 1.807) is 7.11 Å². The number of hydrogen-bond acceptors (Lipinski definition) is 5. The first kappa shape index (κ1) is 16.0. The number of para-hydroxylation sites is 1. The van der Waals surface area contributed by atoms with Crippen molar-refractivity contribution in [1.29, 1.82) is 0 Å². The fraction of sp³-hybridized carbons (Fsp3) is 0.556. The van der Waals surface area contributed by atoms with Crippen molar-refractivity contribution in [3.05, 3.63) is 41.5 Å². The van der Waals surface area contributed by atoms with E-state index in [0.717, 1.165) is 24.5 Å². The number of benzene rings is 1. The van der Waals surface area contributed by atoms with Crippen molar-refractivity contribution in [3.63, 3.8) is 0 Å². The van der Waals surface area contributed by atoms with Crippen LogP contribution < -0.4 is 4.74 Å². The van der Waals surface area contributed by atoms with Gasteiger partial charge in [-0.3, -0.25) is 4.90 Å². The van der Waals surface area contributed by atoms with Crippen LogP contribution in [0, 0.1) is 5.92 Å². The average Bonchev–Trinajstić information content (AvgIpc) is 3.29. The Morgan fingerprint density at radius 2 is 2.04 bits per heavy atom. The van der Waals surface area contributed by atoms with E-state index in [9.17, 15) is 0 Å². The standard InChI is InChI=1S/C18H25N3O2/c1-13(2)10-17-19-18(23-20-17)12-21(15-8-9-15)11-14-6-4-5-7-16(14)22-3/h4-7,13,15H,8-12H2,1-3H3. The van der Waals surface area contributed by atoms with E-state index in [1.807, 2.05) is 12.1 Å². The minimum atomic E-state index is 0.536. The molecule has 0 radical (unpaired) electrons. The summed E-state index contributed by atoms with van der Waals surface area (Å²) in [6.45, 7) is 5.87. The molecule has 0 amide bonds. The average molecular weight is 315 g/mol. The predicted molar refractivity (Wildman–Crippen MR) is 88.1 cm³/mol. The maximum absolute atomic E-state index is 5.47. The van der Waals surface area contributed by atoms with Gasteiger partial charge in [0.15, 0.2) is 5.82 Å². The Morgan fingerprint density at radius 1 is 1.26 bits per heavy atom. The zero-order chi connectivity index (χ0) is 16.2. The number of aromatic nitrogens is 2. The van der Waals surface area contributed by atoms with E-state index >= 15 is 0 Å². The molecule has 0 atom stereocenters. The maximum atomic E-state index is 5.47. The Balaban J connectivity index is 1.68. The molecule has 1 aliphatic carbocycles. The molecule has 0 unspecified atom stereocenters. The van der Waals surface area contributed by atoms with Gasteiger partial charge in [0.2, 0.25) is 5.89 Å². The highest BCUT2D eigenvalue weighted by atomic mass is 16.5. The third-order valence-electron chi connectivity index (χ3n) is 4.07. The first-order chi connectivity index (χ1) is 11.2. The van der Waals surface area contributed by atoms with Crippen LogP contribution >= 0.6 is 0 Å². The predicted octanol–water partition coefficient (Wildman–Crippen LogP) is 3.44. The van der Waals surface area contributed by atoms with Crippen molar-refractivity contribution in [2.75, 3.05) is 7.11 Å². The van der Waals surface area contributed by atoms with Crippen molar-refractivity contribution in [3.8, 4) is 5.75 Å². The van der Waals surface area contributed by atoms with Crippen molar-refractivity contribution < 1.29 is 9.26 Å². The van der Waals surface area contributed by atoms with Gasteiger partial charge in [0, 0.05) is 24.6 Å². The summed E-state index contributed by atoms with van der Waals surface area (Å²) in [6, 6.07) is 8.79. The SMILES string of the molecule is COc1ccccc1CN(Cc1nc(CC(C)C)no1)C1CC1. The lowest BCUT2D eigenvalue weighted by atomic mass is 10.1. The third-order valence-corrected chi connectivity index (χ3v) is 4.07. The molecule has 1 saturated carbocycles. The van der Waals surface area contributed by atoms with E-state index in [0.29, 0.717) is 24.4 Å². The lowest BCUT2D eigenvalue weighted by Crippen LogP contribution is -2.25. The Labute approximate surface area is 137 Å². The summed E-state index contributed by atoms with van der Waals surface area (Å²) in [4.78, 5) is 6.94. The molecule has 23 heavy (non-hydrogen) atoms. The van der Waals surface area contributed by atoms with Gasteiger partial charge in [-0.2, -0.15) is 4.98 Å². The minimum absolute atomic E-state index is 0.536. The fourth-order valence-electron chi connectivity index (χ4n) is 2.78. The van der Waals surface area contributed by atoms with Gasteiger partial charge < -0.3 is 9.26 Å². The highest BCUT2D eigenvalue weighted by Gasteiger charge is 2.30. The normalized spacial score (nSPS) is 14.7. The summed E-state index contributed by atoms with van der Waals surface area (Å²) < 4.78 is 10.9. The molecule has 0 spiro atoms. The highest BCUT2D eigenvalue weighted by Crippen LogP contribution is 2.31. The molecule has 1 aromatic carbocycles. The molecule has 2 aromatic rings. The van der Waals surface area contributed by atoms with Crippen LogP contribution in [0.25, 0.3) is 0 Å². The molecule has 5 nitrogen and oxygen atoms in total. The number of methoxy groups -OCH3 is 1. The lowest BCUT2D eigenvalue weighted by molar-refractivity contribution is 0.207. The van der Waals surface area contributed by atoms with Gasteiger partial charge in [-0.25, -0.2) is 0 Å². The zero-order valence-corrected chi connectivity index (χ0v) is 14.2. The third kappa shape index (κ3) is 4.32. The van der Waals surface area contributed by atoms with Gasteiger partial charge in [0.05, 0.1) is 13.7 Å². The molecule has 1 fully saturated rings. The van der Waals surface area contributed by atoms with Crippen molar-refractivity contribution in [2.45, 2.75) is 52.2 Å². The lowest BCUT2D eigenvalue weighted by Gasteiger charge is -2.21. The number of ether oxygens (including phenoxy) is 1. The second kappa shape index (κ2) is 7.13. The van der Waals surface area contributed by atoms with Crippen LogP contribution in [0.2, 0.25) is 0 Å². The minimum Gasteiger partial charge on any atom is -0.496 e. The summed E-state index contributed by atoms with van der Waals surface area (Å²) >= 11 is 0. The second-order valence-corrected chi connectivity index (χ2v) is 6.65. The van der Waals surface area contributed by atoms with E-state index in [1.165, 1.54) is 18.4 Å². The highest BCUT2D eigenvalue weighted by molar-refractivity contribution is 5.33. The second-order valence-electron chi connectivity index (χ2n) is 6.65. The molecule has 3 rings (SSSR count). The van der Waals surface area contributed by atoms with E-state index < -0.39 is 0 Å². The fourth-order valence-corrected chi connectivity index (χ4v) is 2.78. The first-order valence-corrected chi connectivity index (χ1v) is 8.33. The molecule has 0 saturated heterocycles. The van der Waals surface area contributed by atoms with Gasteiger partial charge in [0.1, 0.15) is 5.75 Å². The molecular weight excluding hydrogens is 290 g/mol. The van der Waals surface area contributed by atoms with Gasteiger partial charge in [-0.1, -0.05) is 37.2 Å². The van der Waals surface area contributed by atoms with Crippen LogP contribution in [-0.4, -0.2) is 28.2 Å². The van der Waals surface area contributed by atoms with Crippen molar-refractivity contribution in [2.24, 2.45) is 5.92 Å². The van der Waals surface area contributed by atoms with Crippen LogP contribution in [0.15, 0.2) is 28.8 Å². The molecule has 1 aromatic heterocycles. The molecule has 0 N–H and O–H groups in total. The Kier molecular flexibility index (Phi) is 4.96. The van der Waals surface area contributed by atoms with Crippen molar-refractivity contribution in [1.82, 2.24) is 15.0 Å². The van der Waals surface area contributed by atoms with Gasteiger partial charge in [-0.05, 0) is 24.8 Å². The Morgan fingerprint density at radius 3 is 2.74 bits per heavy atom. The topological polar surface area (TPSA) is 51.4 Å². The summed E-state index contributed by atoms with van der Waals surface area (Å²) in [5.74, 6) is 2.99. The Hall–Kier alpha value is -1.88. The van der Waals surface area contributed by atoms with Crippen LogP contribution in [0.4, 0.5) is 0 Å². The van der Waals surface area contributed by atoms with Gasteiger partial charge in [-0.15, -0.1) is 0 Å². The maximum Gasteiger partial charge on any atom is 0.240 e. The van der Waals surface area contributed by atoms with Gasteiger partial charge in [0.25, 0.3) is 0 Å².